The Morgan fingerprint density at radius 1 is 1.64 bits per heavy atom. The molecule has 1 rings (SSSR count). The molecule has 0 unspecified atom stereocenters. The summed E-state index contributed by atoms with van der Waals surface area (Å²) < 4.78 is 25.3. The Balaban J connectivity index is 3.26. The van der Waals surface area contributed by atoms with Crippen molar-refractivity contribution >= 4 is 28.3 Å². The van der Waals surface area contributed by atoms with Crippen LogP contribution in [0.3, 0.4) is 0 Å². The first-order valence-corrected chi connectivity index (χ1v) is 4.74. The van der Waals surface area contributed by atoms with Crippen LogP contribution in [0.2, 0.25) is 0 Å². The van der Waals surface area contributed by atoms with Crippen molar-refractivity contribution in [3.63, 3.8) is 0 Å². The third-order valence-electron chi connectivity index (χ3n) is 1.62. The molecule has 3 nitrogen and oxygen atoms in total. The lowest BCUT2D eigenvalue weighted by Gasteiger charge is -2.08. The van der Waals surface area contributed by atoms with E-state index in [4.69, 9.17) is 11.0 Å². The molecule has 0 aliphatic carbocycles. The van der Waals surface area contributed by atoms with E-state index in [1.165, 1.54) is 6.07 Å². The molecule has 0 fully saturated rings. The first-order valence-electron chi connectivity index (χ1n) is 3.66. The van der Waals surface area contributed by atoms with E-state index in [0.29, 0.717) is 3.70 Å². The van der Waals surface area contributed by atoms with Gasteiger partial charge in [0.2, 0.25) is 0 Å². The normalized spacial score (nSPS) is 10.2. The Kier molecular flexibility index (Phi) is 3.57. The number of anilines is 1. The average Bonchev–Trinajstić information content (AvgIpc) is 2.10. The van der Waals surface area contributed by atoms with Crippen LogP contribution >= 0.6 is 22.6 Å². The predicted octanol–water partition coefficient (Wildman–Crippen LogP) is 2.27. The molecule has 6 heteroatoms. The van der Waals surface area contributed by atoms with E-state index in [1.54, 1.807) is 0 Å². The number of nitrogens with zero attached hydrogens (tertiary/aromatic N) is 2. The molecule has 0 radical (unpaired) electrons. The van der Waals surface area contributed by atoms with Crippen LogP contribution in [-0.4, -0.2) is 4.98 Å². The molecular formula is C8H6F2IN3. The molecule has 0 bridgehead atoms. The number of rotatable bonds is 2. The molecule has 0 amide bonds. The van der Waals surface area contributed by atoms with E-state index < -0.39 is 6.43 Å². The Morgan fingerprint density at radius 2 is 2.29 bits per heavy atom. The highest BCUT2D eigenvalue weighted by molar-refractivity contribution is 14.1. The molecule has 0 saturated carbocycles. The van der Waals surface area contributed by atoms with Crippen LogP contribution in [0.25, 0.3) is 0 Å². The second-order valence-corrected chi connectivity index (χ2v) is 3.64. The summed E-state index contributed by atoms with van der Waals surface area (Å²) in [5.41, 5.74) is 5.32. The van der Waals surface area contributed by atoms with Gasteiger partial charge in [-0.15, -0.1) is 0 Å². The van der Waals surface area contributed by atoms with Gasteiger partial charge in [-0.3, -0.25) is 0 Å². The van der Waals surface area contributed by atoms with Crippen LogP contribution in [-0.2, 0) is 6.42 Å². The highest BCUT2D eigenvalue weighted by Crippen LogP contribution is 2.28. The summed E-state index contributed by atoms with van der Waals surface area (Å²) in [6, 6.07) is 3.05. The first kappa shape index (κ1) is 11.1. The monoisotopic (exact) mass is 309 g/mol. The van der Waals surface area contributed by atoms with Crippen LogP contribution in [0.15, 0.2) is 6.07 Å². The van der Waals surface area contributed by atoms with E-state index in [1.807, 2.05) is 28.7 Å². The van der Waals surface area contributed by atoms with Gasteiger partial charge in [-0.2, -0.15) is 5.26 Å². The standard InChI is InChI=1S/C8H6F2IN3/c9-8(10)4-3-6(11)14-5(1-2-12)7(4)13/h3,8H,1,13H2. The fourth-order valence-corrected chi connectivity index (χ4v) is 1.61. The quantitative estimate of drug-likeness (QED) is 0.673. The summed E-state index contributed by atoms with van der Waals surface area (Å²) in [6.07, 6.45) is -2.69. The van der Waals surface area contributed by atoms with Gasteiger partial charge in [0, 0.05) is 5.56 Å². The van der Waals surface area contributed by atoms with Gasteiger partial charge in [0.1, 0.15) is 3.70 Å². The molecule has 0 aromatic carbocycles. The van der Waals surface area contributed by atoms with Crippen LogP contribution in [0.5, 0.6) is 0 Å². The third-order valence-corrected chi connectivity index (χ3v) is 2.17. The number of halogens is 3. The molecule has 1 heterocycles. The summed E-state index contributed by atoms with van der Waals surface area (Å²) in [6.45, 7) is 0. The lowest BCUT2D eigenvalue weighted by Crippen LogP contribution is -2.04. The number of pyridine rings is 1. The molecule has 0 saturated heterocycles. The summed E-state index contributed by atoms with van der Waals surface area (Å²) >= 11 is 1.81. The predicted molar refractivity (Wildman–Crippen MR) is 55.6 cm³/mol. The van der Waals surface area contributed by atoms with Crippen molar-refractivity contribution in [3.05, 3.63) is 21.0 Å². The second kappa shape index (κ2) is 4.50. The topological polar surface area (TPSA) is 62.7 Å². The number of hydrogen-bond donors (Lipinski definition) is 1. The molecular weight excluding hydrogens is 303 g/mol. The highest BCUT2D eigenvalue weighted by atomic mass is 127. The minimum absolute atomic E-state index is 0.0532. The first-order chi connectivity index (χ1) is 6.56. The molecule has 0 spiro atoms. The SMILES string of the molecule is N#CCc1nc(I)cc(C(F)F)c1N. The zero-order valence-electron chi connectivity index (χ0n) is 6.97. The number of nitrogens with two attached hydrogens (primary N) is 1. The summed E-state index contributed by atoms with van der Waals surface area (Å²) in [5.74, 6) is 0. The number of nitrogen functional groups attached to an aromatic ring is 1. The zero-order valence-corrected chi connectivity index (χ0v) is 9.12. The lowest BCUT2D eigenvalue weighted by molar-refractivity contribution is 0.152. The molecule has 74 valence electrons. The smallest absolute Gasteiger partial charge is 0.265 e. The maximum absolute atomic E-state index is 12.4. The van der Waals surface area contributed by atoms with Crippen molar-refractivity contribution in [1.29, 1.82) is 5.26 Å². The van der Waals surface area contributed by atoms with Gasteiger partial charge in [-0.25, -0.2) is 13.8 Å². The highest BCUT2D eigenvalue weighted by Gasteiger charge is 2.16. The van der Waals surface area contributed by atoms with Crippen LogP contribution in [0.4, 0.5) is 14.5 Å². The van der Waals surface area contributed by atoms with Gasteiger partial charge < -0.3 is 5.73 Å². The van der Waals surface area contributed by atoms with Crippen molar-refractivity contribution in [1.82, 2.24) is 4.98 Å². The minimum atomic E-state index is -2.64. The Hall–Kier alpha value is -0.970. The number of hydrogen-bond acceptors (Lipinski definition) is 3. The van der Waals surface area contributed by atoms with Crippen molar-refractivity contribution in [2.24, 2.45) is 0 Å². The summed E-state index contributed by atoms with van der Waals surface area (Å²) in [7, 11) is 0. The Labute approximate surface area is 93.1 Å². The van der Waals surface area contributed by atoms with Gasteiger partial charge >= 0.3 is 0 Å². The summed E-state index contributed by atoms with van der Waals surface area (Å²) in [5, 5.41) is 8.43. The molecule has 1 aromatic heterocycles. The van der Waals surface area contributed by atoms with Gasteiger partial charge in [0.15, 0.2) is 0 Å². The maximum Gasteiger partial charge on any atom is 0.265 e. The van der Waals surface area contributed by atoms with Crippen LogP contribution in [0, 0.1) is 15.0 Å². The van der Waals surface area contributed by atoms with Gasteiger partial charge in [-0.05, 0) is 28.7 Å². The fourth-order valence-electron chi connectivity index (χ4n) is 0.984. The Bertz CT molecular complexity index is 387. The van der Waals surface area contributed by atoms with Crippen molar-refractivity contribution in [2.75, 3.05) is 5.73 Å². The number of alkyl halides is 2. The average molecular weight is 309 g/mol. The number of aromatic nitrogens is 1. The van der Waals surface area contributed by atoms with Crippen molar-refractivity contribution in [3.8, 4) is 6.07 Å². The van der Waals surface area contributed by atoms with Gasteiger partial charge in [-0.1, -0.05) is 0 Å². The van der Waals surface area contributed by atoms with Gasteiger partial charge in [0.05, 0.1) is 23.9 Å². The second-order valence-electron chi connectivity index (χ2n) is 2.53. The molecule has 1 aromatic rings. The van der Waals surface area contributed by atoms with E-state index in [-0.39, 0.29) is 23.4 Å². The van der Waals surface area contributed by atoms with Crippen molar-refractivity contribution in [2.45, 2.75) is 12.8 Å². The van der Waals surface area contributed by atoms with E-state index in [0.717, 1.165) is 0 Å². The number of nitriles is 1. The van der Waals surface area contributed by atoms with E-state index >= 15 is 0 Å². The zero-order chi connectivity index (χ0) is 10.7. The van der Waals surface area contributed by atoms with Crippen LogP contribution in [0.1, 0.15) is 17.7 Å². The summed E-state index contributed by atoms with van der Waals surface area (Å²) in [4.78, 5) is 3.91. The largest absolute Gasteiger partial charge is 0.397 e. The van der Waals surface area contributed by atoms with E-state index in [9.17, 15) is 8.78 Å². The Morgan fingerprint density at radius 3 is 2.79 bits per heavy atom. The fraction of sp³-hybridized carbons (Fsp3) is 0.250. The molecule has 14 heavy (non-hydrogen) atoms. The minimum Gasteiger partial charge on any atom is -0.397 e. The molecule has 2 N–H and O–H groups in total. The lowest BCUT2D eigenvalue weighted by atomic mass is 10.1. The third kappa shape index (κ3) is 2.29. The van der Waals surface area contributed by atoms with E-state index in [2.05, 4.69) is 4.98 Å². The van der Waals surface area contributed by atoms with Crippen molar-refractivity contribution < 1.29 is 8.78 Å². The molecule has 0 atom stereocenters. The van der Waals surface area contributed by atoms with Crippen LogP contribution < -0.4 is 5.73 Å². The molecule has 0 aliphatic heterocycles. The molecule has 0 aliphatic rings. The maximum atomic E-state index is 12.4. The van der Waals surface area contributed by atoms with Gasteiger partial charge in [0.25, 0.3) is 6.43 Å².